The van der Waals surface area contributed by atoms with Crippen LogP contribution in [0.3, 0.4) is 0 Å². The van der Waals surface area contributed by atoms with Gasteiger partial charge in [0.05, 0.1) is 23.6 Å². The molecule has 4 aliphatic rings. The Hall–Kier alpha value is -2.98. The zero-order valence-electron chi connectivity index (χ0n) is 18.2. The molecular weight excluding hydrogens is 420 g/mol. The van der Waals surface area contributed by atoms with Crippen molar-refractivity contribution in [3.63, 3.8) is 0 Å². The molecule has 0 N–H and O–H groups in total. The number of fused-ring (bicyclic) bond motifs is 6. The fraction of sp³-hybridized carbons (Fsp3) is 0.440. The second kappa shape index (κ2) is 7.01. The molecule has 2 fully saturated rings. The van der Waals surface area contributed by atoms with Crippen molar-refractivity contribution in [1.29, 1.82) is 5.26 Å². The number of hydrogen-bond acceptors (Lipinski definition) is 5. The summed E-state index contributed by atoms with van der Waals surface area (Å²) in [5.74, 6) is -0.448. The number of aromatic nitrogens is 1. The Morgan fingerprint density at radius 3 is 2.50 bits per heavy atom. The molecule has 3 aliphatic carbocycles. The van der Waals surface area contributed by atoms with Gasteiger partial charge in [-0.2, -0.15) is 15.4 Å². The summed E-state index contributed by atoms with van der Waals surface area (Å²) in [6.45, 7) is 4.02. The molecule has 1 aliphatic heterocycles. The van der Waals surface area contributed by atoms with Crippen LogP contribution in [0.15, 0.2) is 23.3 Å². The topological polar surface area (TPSA) is 78.5 Å². The molecule has 6 rings (SSSR count). The van der Waals surface area contributed by atoms with Gasteiger partial charge in [0.1, 0.15) is 11.1 Å². The van der Waals surface area contributed by atoms with Crippen LogP contribution in [0, 0.1) is 48.9 Å². The maximum absolute atomic E-state index is 12.9. The average Bonchev–Trinajstić information content (AvgIpc) is 3.57. The molecule has 2 aromatic heterocycles. The lowest BCUT2D eigenvalue weighted by molar-refractivity contribution is -0.140. The van der Waals surface area contributed by atoms with E-state index in [1.165, 1.54) is 16.9 Å². The molecule has 1 saturated carbocycles. The van der Waals surface area contributed by atoms with Gasteiger partial charge in [0.15, 0.2) is 0 Å². The number of rotatable bonds is 3. The van der Waals surface area contributed by atoms with Crippen LogP contribution in [0.4, 0.5) is 0 Å². The van der Waals surface area contributed by atoms with E-state index in [9.17, 15) is 14.9 Å². The first-order valence-corrected chi connectivity index (χ1v) is 12.1. The SMILES string of the molecule is Cc1cc(C=NN2C(=O)[C@@H]3[C@H](C2=O)[C@H]2C=C[C@H]3C2)c(C)n1-c1sc2c(c1C#N)CCCC2. The van der Waals surface area contributed by atoms with E-state index >= 15 is 0 Å². The summed E-state index contributed by atoms with van der Waals surface area (Å²) < 4.78 is 2.12. The monoisotopic (exact) mass is 444 g/mol. The van der Waals surface area contributed by atoms with Crippen LogP contribution in [0.2, 0.25) is 0 Å². The van der Waals surface area contributed by atoms with Crippen molar-refractivity contribution in [2.24, 2.45) is 28.8 Å². The van der Waals surface area contributed by atoms with Crippen LogP contribution in [0.1, 0.15) is 52.2 Å². The average molecular weight is 445 g/mol. The van der Waals surface area contributed by atoms with Gasteiger partial charge < -0.3 is 4.57 Å². The van der Waals surface area contributed by atoms with Gasteiger partial charge in [-0.3, -0.25) is 9.59 Å². The molecule has 2 amide bonds. The minimum Gasteiger partial charge on any atom is -0.308 e. The first-order valence-electron chi connectivity index (χ1n) is 11.3. The molecule has 2 bridgehead atoms. The molecular formula is C25H24N4O2S. The quantitative estimate of drug-likeness (QED) is 0.407. The van der Waals surface area contributed by atoms with E-state index in [1.54, 1.807) is 17.6 Å². The molecule has 0 spiro atoms. The lowest BCUT2D eigenvalue weighted by Crippen LogP contribution is -2.28. The third kappa shape index (κ3) is 2.59. The highest BCUT2D eigenvalue weighted by atomic mass is 32.1. The van der Waals surface area contributed by atoms with Crippen LogP contribution in [0.5, 0.6) is 0 Å². The fourth-order valence-electron chi connectivity index (χ4n) is 6.18. The lowest BCUT2D eigenvalue weighted by Gasteiger charge is -2.13. The van der Waals surface area contributed by atoms with Gasteiger partial charge in [0, 0.05) is 21.8 Å². The first-order chi connectivity index (χ1) is 15.5. The number of nitrogens with zero attached hydrogens (tertiary/aromatic N) is 4. The Morgan fingerprint density at radius 2 is 1.81 bits per heavy atom. The minimum absolute atomic E-state index is 0.167. The Morgan fingerprint density at radius 1 is 1.12 bits per heavy atom. The van der Waals surface area contributed by atoms with E-state index in [1.807, 2.05) is 19.9 Å². The molecule has 32 heavy (non-hydrogen) atoms. The van der Waals surface area contributed by atoms with E-state index in [0.717, 1.165) is 58.2 Å². The van der Waals surface area contributed by atoms with E-state index in [2.05, 4.69) is 27.9 Å². The van der Waals surface area contributed by atoms with Crippen LogP contribution in [-0.2, 0) is 22.4 Å². The summed E-state index contributed by atoms with van der Waals surface area (Å²) in [5, 5.41) is 16.3. The smallest absolute Gasteiger partial charge is 0.254 e. The van der Waals surface area contributed by atoms with Crippen molar-refractivity contribution in [3.05, 3.63) is 51.2 Å². The van der Waals surface area contributed by atoms with Gasteiger partial charge in [-0.25, -0.2) is 0 Å². The summed E-state index contributed by atoms with van der Waals surface area (Å²) in [4.78, 5) is 27.1. The third-order valence-corrected chi connectivity index (χ3v) is 8.97. The van der Waals surface area contributed by atoms with Gasteiger partial charge in [0.2, 0.25) is 0 Å². The molecule has 1 saturated heterocycles. The van der Waals surface area contributed by atoms with Gasteiger partial charge >= 0.3 is 0 Å². The molecule has 0 aromatic carbocycles. The number of carbonyl (C=O) groups is 2. The molecule has 2 aromatic rings. The van der Waals surface area contributed by atoms with Gasteiger partial charge in [0.25, 0.3) is 11.8 Å². The summed E-state index contributed by atoms with van der Waals surface area (Å²) >= 11 is 1.71. The minimum atomic E-state index is -0.238. The number of hydrogen-bond donors (Lipinski definition) is 0. The van der Waals surface area contributed by atoms with Gasteiger partial charge in [-0.05, 0) is 69.4 Å². The third-order valence-electron chi connectivity index (χ3n) is 7.70. The molecule has 0 unspecified atom stereocenters. The Labute approximate surface area is 190 Å². The maximum Gasteiger partial charge on any atom is 0.254 e. The lowest BCUT2D eigenvalue weighted by atomic mass is 9.85. The standard InChI is InChI=1S/C25H24N4O2S/c1-13-9-17(12-27-29-23(30)21-15-7-8-16(10-15)22(21)24(29)31)14(2)28(13)25-19(11-26)18-5-3-4-6-20(18)32-25/h7-9,12,15-16,21-22H,3-6,10H2,1-2H3/t15-,16-,21-,22+/m0/s1. The molecule has 0 radical (unpaired) electrons. The summed E-state index contributed by atoms with van der Waals surface area (Å²) in [6, 6.07) is 4.45. The second-order valence-electron chi connectivity index (χ2n) is 9.40. The van der Waals surface area contributed by atoms with Crippen molar-refractivity contribution >= 4 is 29.4 Å². The summed E-state index contributed by atoms with van der Waals surface area (Å²) in [6.07, 6.45) is 11.0. The number of aryl methyl sites for hydroxylation is 2. The van der Waals surface area contributed by atoms with E-state index in [0.29, 0.717) is 0 Å². The summed E-state index contributed by atoms with van der Waals surface area (Å²) in [7, 11) is 0. The Kier molecular flexibility index (Phi) is 4.31. The number of imide groups is 1. The first kappa shape index (κ1) is 19.7. The summed E-state index contributed by atoms with van der Waals surface area (Å²) in [5.41, 5.74) is 4.83. The van der Waals surface area contributed by atoms with Crippen molar-refractivity contribution in [1.82, 2.24) is 9.58 Å². The van der Waals surface area contributed by atoms with E-state index < -0.39 is 0 Å². The molecule has 7 heteroatoms. The van der Waals surface area contributed by atoms with Crippen molar-refractivity contribution < 1.29 is 9.59 Å². The largest absolute Gasteiger partial charge is 0.308 e. The molecule has 4 atom stereocenters. The number of carbonyl (C=O) groups excluding carboxylic acids is 2. The highest BCUT2D eigenvalue weighted by Crippen LogP contribution is 2.52. The molecule has 6 nitrogen and oxygen atoms in total. The predicted molar refractivity (Wildman–Crippen MR) is 122 cm³/mol. The highest BCUT2D eigenvalue weighted by Gasteiger charge is 2.59. The maximum atomic E-state index is 12.9. The van der Waals surface area contributed by atoms with Crippen LogP contribution in [0.25, 0.3) is 5.00 Å². The van der Waals surface area contributed by atoms with E-state index in [4.69, 9.17) is 0 Å². The van der Waals surface area contributed by atoms with Crippen molar-refractivity contribution in [2.75, 3.05) is 0 Å². The second-order valence-corrected chi connectivity index (χ2v) is 10.5. The number of nitriles is 1. The normalized spacial score (nSPS) is 28.1. The zero-order valence-corrected chi connectivity index (χ0v) is 19.0. The van der Waals surface area contributed by atoms with Crippen molar-refractivity contribution in [2.45, 2.75) is 46.0 Å². The van der Waals surface area contributed by atoms with Gasteiger partial charge in [-0.1, -0.05) is 12.2 Å². The van der Waals surface area contributed by atoms with Crippen LogP contribution < -0.4 is 0 Å². The molecule has 162 valence electrons. The molecule has 3 heterocycles. The van der Waals surface area contributed by atoms with Gasteiger partial charge in [-0.15, -0.1) is 11.3 Å². The van der Waals surface area contributed by atoms with E-state index in [-0.39, 0.29) is 35.5 Å². The Bertz CT molecular complexity index is 1240. The van der Waals surface area contributed by atoms with Crippen LogP contribution in [-0.4, -0.2) is 27.6 Å². The highest BCUT2D eigenvalue weighted by molar-refractivity contribution is 7.15. The zero-order chi connectivity index (χ0) is 22.1. The Balaban J connectivity index is 1.33. The van der Waals surface area contributed by atoms with Crippen molar-refractivity contribution in [3.8, 4) is 11.1 Å². The number of allylic oxidation sites excluding steroid dienone is 2. The number of thiophene rings is 1. The predicted octanol–water partition coefficient (Wildman–Crippen LogP) is 4.05. The fourth-order valence-corrected chi connectivity index (χ4v) is 7.63. The number of hydrazone groups is 1. The number of amides is 2. The van der Waals surface area contributed by atoms with Crippen LogP contribution >= 0.6 is 11.3 Å².